The lowest BCUT2D eigenvalue weighted by Crippen LogP contribution is -2.27. The van der Waals surface area contributed by atoms with Gasteiger partial charge in [0.1, 0.15) is 11.5 Å². The summed E-state index contributed by atoms with van der Waals surface area (Å²) in [5.41, 5.74) is 4.06. The van der Waals surface area contributed by atoms with Crippen LogP contribution < -0.4 is 11.1 Å². The van der Waals surface area contributed by atoms with Gasteiger partial charge in [0.05, 0.1) is 16.8 Å². The van der Waals surface area contributed by atoms with E-state index in [1.807, 2.05) is 0 Å². The number of nitrogen functional groups attached to an aromatic ring is 1. The number of aliphatic carboxylic acids is 1. The van der Waals surface area contributed by atoms with Crippen LogP contribution in [0.15, 0.2) is 47.0 Å². The van der Waals surface area contributed by atoms with Crippen LogP contribution in [0.1, 0.15) is 39.4 Å². The summed E-state index contributed by atoms with van der Waals surface area (Å²) < 4.78 is 92.5. The van der Waals surface area contributed by atoms with Crippen molar-refractivity contribution in [1.29, 1.82) is 0 Å². The summed E-state index contributed by atoms with van der Waals surface area (Å²) in [7, 11) is 0. The number of alkyl halides is 6. The zero-order valence-corrected chi connectivity index (χ0v) is 21.5. The summed E-state index contributed by atoms with van der Waals surface area (Å²) >= 11 is 0. The highest BCUT2D eigenvalue weighted by atomic mass is 19.4. The molecule has 1 aliphatic heterocycles. The van der Waals surface area contributed by atoms with E-state index in [0.717, 1.165) is 23.6 Å². The van der Waals surface area contributed by atoms with Crippen molar-refractivity contribution in [2.75, 3.05) is 24.1 Å². The van der Waals surface area contributed by atoms with Crippen molar-refractivity contribution >= 4 is 40.3 Å². The zero-order valence-electron chi connectivity index (χ0n) is 21.5. The Bertz CT molecular complexity index is 1690. The van der Waals surface area contributed by atoms with Crippen LogP contribution in [0, 0.1) is 5.82 Å². The number of fused-ring (bicyclic) bond motifs is 1. The summed E-state index contributed by atoms with van der Waals surface area (Å²) in [6.07, 6.45) is -8.19. The van der Waals surface area contributed by atoms with E-state index in [9.17, 15) is 40.3 Å². The molecule has 2 aromatic carbocycles. The molecule has 228 valence electrons. The molecule has 0 radical (unpaired) electrons. The number of amides is 2. The van der Waals surface area contributed by atoms with Gasteiger partial charge in [0.2, 0.25) is 0 Å². The van der Waals surface area contributed by atoms with Crippen molar-refractivity contribution in [3.63, 3.8) is 0 Å². The lowest BCUT2D eigenvalue weighted by molar-refractivity contribution is -0.192. The Morgan fingerprint density at radius 3 is 2.21 bits per heavy atom. The first kappa shape index (κ1) is 30.8. The summed E-state index contributed by atoms with van der Waals surface area (Å²) in [6.45, 7) is 1.16. The number of carbonyl (C=O) groups is 3. The van der Waals surface area contributed by atoms with Crippen molar-refractivity contribution in [3.05, 3.63) is 65.2 Å². The first-order valence-corrected chi connectivity index (χ1v) is 12.1. The third-order valence-electron chi connectivity index (χ3n) is 6.06. The second kappa shape index (κ2) is 11.6. The largest absolute Gasteiger partial charge is 0.490 e. The quantitative estimate of drug-likeness (QED) is 0.274. The van der Waals surface area contributed by atoms with E-state index in [2.05, 4.69) is 15.6 Å². The Hall–Kier alpha value is -5.16. The van der Waals surface area contributed by atoms with E-state index in [1.54, 1.807) is 4.90 Å². The van der Waals surface area contributed by atoms with E-state index >= 15 is 0 Å². The molecule has 2 aromatic heterocycles. The van der Waals surface area contributed by atoms with E-state index in [4.69, 9.17) is 20.2 Å². The fourth-order valence-corrected chi connectivity index (χ4v) is 3.99. The Morgan fingerprint density at radius 1 is 0.977 bits per heavy atom. The molecule has 3 heterocycles. The van der Waals surface area contributed by atoms with Gasteiger partial charge >= 0.3 is 18.3 Å². The fourth-order valence-electron chi connectivity index (χ4n) is 3.99. The van der Waals surface area contributed by atoms with E-state index < -0.39 is 41.4 Å². The van der Waals surface area contributed by atoms with Gasteiger partial charge in [0.15, 0.2) is 17.1 Å². The molecule has 18 heteroatoms. The third kappa shape index (κ3) is 6.84. The van der Waals surface area contributed by atoms with Crippen LogP contribution in [0.3, 0.4) is 0 Å². The molecule has 0 saturated carbocycles. The van der Waals surface area contributed by atoms with Gasteiger partial charge in [-0.2, -0.15) is 31.4 Å². The highest BCUT2D eigenvalue weighted by Crippen LogP contribution is 2.31. The van der Waals surface area contributed by atoms with E-state index in [0.29, 0.717) is 24.5 Å². The predicted molar refractivity (Wildman–Crippen MR) is 134 cm³/mol. The summed E-state index contributed by atoms with van der Waals surface area (Å²) in [6, 6.07) is 8.23. The molecule has 0 atom stereocenters. The Balaban J connectivity index is 0.000000541. The molecule has 1 fully saturated rings. The zero-order chi connectivity index (χ0) is 31.7. The van der Waals surface area contributed by atoms with Crippen LogP contribution in [0.4, 0.5) is 42.2 Å². The number of halogens is 7. The predicted octanol–water partition coefficient (Wildman–Crippen LogP) is 4.88. The third-order valence-corrected chi connectivity index (χ3v) is 6.06. The number of rotatable bonds is 4. The first-order chi connectivity index (χ1) is 20.1. The van der Waals surface area contributed by atoms with Gasteiger partial charge in [-0.25, -0.2) is 13.9 Å². The molecular weight excluding hydrogens is 597 g/mol. The van der Waals surface area contributed by atoms with Crippen molar-refractivity contribution < 1.29 is 54.7 Å². The van der Waals surface area contributed by atoms with Crippen molar-refractivity contribution in [2.24, 2.45) is 0 Å². The van der Waals surface area contributed by atoms with Gasteiger partial charge in [0.25, 0.3) is 11.8 Å². The number of anilines is 2. The molecule has 43 heavy (non-hydrogen) atoms. The second-order valence-electron chi connectivity index (χ2n) is 9.02. The summed E-state index contributed by atoms with van der Waals surface area (Å²) in [4.78, 5) is 36.0. The molecule has 0 bridgehead atoms. The Morgan fingerprint density at radius 2 is 1.63 bits per heavy atom. The first-order valence-electron chi connectivity index (χ1n) is 12.1. The van der Waals surface area contributed by atoms with Gasteiger partial charge in [0, 0.05) is 24.7 Å². The Labute approximate surface area is 235 Å². The highest BCUT2D eigenvalue weighted by molar-refractivity contribution is 6.04. The second-order valence-corrected chi connectivity index (χ2v) is 9.02. The van der Waals surface area contributed by atoms with Crippen LogP contribution in [0.2, 0.25) is 0 Å². The molecule has 1 saturated heterocycles. The number of carboxylic acids is 1. The standard InChI is InChI=1S/C23H18F4N6O3.C2HF3O2/c24-15-9-12(22(35)32-7-1-2-8-32)3-5-16(15)29-21(34)17-11-19(23(25,26)27)30-33(17)13-4-6-18-14(10-13)20(28)31-36-18;3-2(4,5)1(6)7/h3-6,9-11H,1-2,7-8H2,(H2,28,31)(H,29,34);(H,6,7). The highest BCUT2D eigenvalue weighted by Gasteiger charge is 2.38. The number of nitrogens with two attached hydrogens (primary N) is 1. The van der Waals surface area contributed by atoms with E-state index in [1.165, 1.54) is 30.3 Å². The molecule has 1 aliphatic rings. The molecule has 5 rings (SSSR count). The number of nitrogens with one attached hydrogen (secondary N) is 1. The lowest BCUT2D eigenvalue weighted by Gasteiger charge is -2.16. The van der Waals surface area contributed by atoms with Gasteiger partial charge < -0.3 is 25.6 Å². The van der Waals surface area contributed by atoms with Crippen LogP contribution in [0.5, 0.6) is 0 Å². The topological polar surface area (TPSA) is 157 Å². The average molecular weight is 616 g/mol. The molecule has 11 nitrogen and oxygen atoms in total. The summed E-state index contributed by atoms with van der Waals surface area (Å²) in [5.74, 6) is -5.04. The molecule has 2 amide bonds. The number of carboxylic acid groups (broad SMARTS) is 1. The normalized spacial score (nSPS) is 13.5. The minimum Gasteiger partial charge on any atom is -0.475 e. The van der Waals surface area contributed by atoms with Gasteiger partial charge in [-0.3, -0.25) is 9.59 Å². The molecule has 4 N–H and O–H groups in total. The number of nitrogens with zero attached hydrogens (tertiary/aromatic N) is 4. The SMILES string of the molecule is Nc1noc2ccc(-n3nc(C(F)(F)F)cc3C(=O)Nc3ccc(C(=O)N4CCCC4)cc3F)cc12.O=C(O)C(F)(F)F. The monoisotopic (exact) mass is 616 g/mol. The lowest BCUT2D eigenvalue weighted by atomic mass is 10.1. The molecule has 0 unspecified atom stereocenters. The van der Waals surface area contributed by atoms with Crippen LogP contribution in [-0.4, -0.2) is 62.0 Å². The molecule has 0 aliphatic carbocycles. The number of hydrogen-bond acceptors (Lipinski definition) is 7. The Kier molecular flexibility index (Phi) is 8.31. The maximum absolute atomic E-state index is 14.8. The number of aromatic nitrogens is 3. The van der Waals surface area contributed by atoms with Gasteiger partial charge in [-0.15, -0.1) is 0 Å². The van der Waals surface area contributed by atoms with Crippen molar-refractivity contribution in [3.8, 4) is 5.69 Å². The molecule has 4 aromatic rings. The van der Waals surface area contributed by atoms with Crippen molar-refractivity contribution in [1.82, 2.24) is 19.8 Å². The average Bonchev–Trinajstić information content (AvgIpc) is 3.69. The molecule has 0 spiro atoms. The number of hydrogen-bond donors (Lipinski definition) is 3. The minimum atomic E-state index is -5.08. The van der Waals surface area contributed by atoms with E-state index in [-0.39, 0.29) is 34.2 Å². The molecular formula is C25H19F7N6O5. The number of carbonyl (C=O) groups excluding carboxylic acids is 2. The summed E-state index contributed by atoms with van der Waals surface area (Å²) in [5, 5.41) is 16.8. The van der Waals surface area contributed by atoms with Gasteiger partial charge in [-0.1, -0.05) is 5.16 Å². The smallest absolute Gasteiger partial charge is 0.475 e. The van der Waals surface area contributed by atoms with Crippen LogP contribution in [0.25, 0.3) is 16.7 Å². The maximum Gasteiger partial charge on any atom is 0.490 e. The minimum absolute atomic E-state index is 0.00620. The van der Waals surface area contributed by atoms with Gasteiger partial charge in [-0.05, 0) is 49.2 Å². The maximum atomic E-state index is 14.8. The number of benzene rings is 2. The van der Waals surface area contributed by atoms with Crippen molar-refractivity contribution in [2.45, 2.75) is 25.2 Å². The van der Waals surface area contributed by atoms with Crippen LogP contribution >= 0.6 is 0 Å². The number of likely N-dealkylation sites (tertiary alicyclic amines) is 1. The van der Waals surface area contributed by atoms with Crippen LogP contribution in [-0.2, 0) is 11.0 Å². The fraction of sp³-hybridized carbons (Fsp3) is 0.240.